The molecule has 1 aromatic rings. The highest BCUT2D eigenvalue weighted by Gasteiger charge is 2.06. The summed E-state index contributed by atoms with van der Waals surface area (Å²) in [4.78, 5) is 3.58. The molecule has 0 spiro atoms. The smallest absolute Gasteiger partial charge is 0.150 e. The second-order valence-corrected chi connectivity index (χ2v) is 2.67. The van der Waals surface area contributed by atoms with Crippen LogP contribution < -0.4 is 0 Å². The second-order valence-electron chi connectivity index (χ2n) is 2.26. The third kappa shape index (κ3) is 1.57. The molecule has 1 heterocycles. The van der Waals surface area contributed by atoms with Crippen LogP contribution in [0.15, 0.2) is 19.0 Å². The molecule has 0 amide bonds. The first-order chi connectivity index (χ1) is 5.13. The summed E-state index contributed by atoms with van der Waals surface area (Å²) < 4.78 is 12.9. The van der Waals surface area contributed by atoms with Crippen LogP contribution >= 0.6 is 11.6 Å². The van der Waals surface area contributed by atoms with Crippen LogP contribution in [0.4, 0.5) is 4.39 Å². The van der Waals surface area contributed by atoms with Crippen molar-refractivity contribution in [1.29, 1.82) is 0 Å². The molecule has 0 aliphatic rings. The van der Waals surface area contributed by atoms with Gasteiger partial charge >= 0.3 is 0 Å². The number of halogens is 2. The molecule has 0 atom stereocenters. The average molecular weight is 172 g/mol. The average Bonchev–Trinajstić information content (AvgIpc) is 1.85. The van der Waals surface area contributed by atoms with Crippen LogP contribution in [0.2, 0.25) is 5.02 Å². The maximum Gasteiger partial charge on any atom is 0.150 e. The van der Waals surface area contributed by atoms with Crippen molar-refractivity contribution in [2.45, 2.75) is 6.92 Å². The van der Waals surface area contributed by atoms with Gasteiger partial charge in [-0.2, -0.15) is 0 Å². The normalized spacial score (nSPS) is 9.73. The lowest BCUT2D eigenvalue weighted by Crippen LogP contribution is -1.88. The van der Waals surface area contributed by atoms with Gasteiger partial charge in [-0.15, -0.1) is 0 Å². The Kier molecular flexibility index (Phi) is 2.25. The molecule has 0 unspecified atom stereocenters. The van der Waals surface area contributed by atoms with Crippen LogP contribution in [-0.4, -0.2) is 4.98 Å². The summed E-state index contributed by atoms with van der Waals surface area (Å²) in [6.07, 6.45) is 2.52. The van der Waals surface area contributed by atoms with Crippen LogP contribution in [0.25, 0.3) is 5.57 Å². The zero-order chi connectivity index (χ0) is 8.43. The number of aromatic nitrogens is 1. The minimum atomic E-state index is -0.426. The SMILES string of the molecule is C=C(C)c1c(F)cncc1Cl. The Hall–Kier alpha value is -0.890. The maximum absolute atomic E-state index is 12.9. The quantitative estimate of drug-likeness (QED) is 0.633. The molecule has 0 aromatic carbocycles. The monoisotopic (exact) mass is 171 g/mol. The highest BCUT2D eigenvalue weighted by atomic mass is 35.5. The Labute approximate surface area is 69.5 Å². The fraction of sp³-hybridized carbons (Fsp3) is 0.125. The molecule has 0 saturated carbocycles. The largest absolute Gasteiger partial charge is 0.260 e. The lowest BCUT2D eigenvalue weighted by Gasteiger charge is -2.02. The Morgan fingerprint density at radius 2 is 2.27 bits per heavy atom. The number of nitrogens with zero attached hydrogens (tertiary/aromatic N) is 1. The molecule has 0 bridgehead atoms. The van der Waals surface area contributed by atoms with Crippen molar-refractivity contribution in [2.24, 2.45) is 0 Å². The number of hydrogen-bond acceptors (Lipinski definition) is 1. The first-order valence-corrected chi connectivity index (χ1v) is 3.45. The van der Waals surface area contributed by atoms with Gasteiger partial charge in [-0.25, -0.2) is 4.39 Å². The predicted molar refractivity (Wildman–Crippen MR) is 43.9 cm³/mol. The molecule has 58 valence electrons. The van der Waals surface area contributed by atoms with Crippen LogP contribution in [0.3, 0.4) is 0 Å². The topological polar surface area (TPSA) is 12.9 Å². The minimum Gasteiger partial charge on any atom is -0.260 e. The summed E-state index contributed by atoms with van der Waals surface area (Å²) in [6.45, 7) is 5.29. The summed E-state index contributed by atoms with van der Waals surface area (Å²) in [6, 6.07) is 0. The van der Waals surface area contributed by atoms with Crippen LogP contribution in [-0.2, 0) is 0 Å². The van der Waals surface area contributed by atoms with E-state index in [4.69, 9.17) is 11.6 Å². The Morgan fingerprint density at radius 3 is 2.64 bits per heavy atom. The third-order valence-electron chi connectivity index (χ3n) is 1.28. The summed E-state index contributed by atoms with van der Waals surface area (Å²) in [5, 5.41) is 0.303. The number of pyridine rings is 1. The zero-order valence-electron chi connectivity index (χ0n) is 6.06. The third-order valence-corrected chi connectivity index (χ3v) is 1.57. The van der Waals surface area contributed by atoms with Gasteiger partial charge in [0, 0.05) is 11.8 Å². The van der Waals surface area contributed by atoms with Gasteiger partial charge in [0.2, 0.25) is 0 Å². The van der Waals surface area contributed by atoms with Gasteiger partial charge in [-0.05, 0) is 12.5 Å². The molecule has 0 N–H and O–H groups in total. The van der Waals surface area contributed by atoms with E-state index in [2.05, 4.69) is 11.6 Å². The molecular formula is C8H7ClFN. The van der Waals surface area contributed by atoms with E-state index in [1.807, 2.05) is 0 Å². The van der Waals surface area contributed by atoms with Gasteiger partial charge < -0.3 is 0 Å². The number of hydrogen-bond donors (Lipinski definition) is 0. The molecule has 11 heavy (non-hydrogen) atoms. The molecular weight excluding hydrogens is 165 g/mol. The van der Waals surface area contributed by atoms with E-state index < -0.39 is 5.82 Å². The molecule has 3 heteroatoms. The van der Waals surface area contributed by atoms with Crippen LogP contribution in [0.5, 0.6) is 0 Å². The van der Waals surface area contributed by atoms with Crippen molar-refractivity contribution in [2.75, 3.05) is 0 Å². The lowest BCUT2D eigenvalue weighted by molar-refractivity contribution is 0.617. The molecule has 1 rings (SSSR count). The van der Waals surface area contributed by atoms with E-state index >= 15 is 0 Å². The van der Waals surface area contributed by atoms with Crippen molar-refractivity contribution in [3.8, 4) is 0 Å². The Morgan fingerprint density at radius 1 is 1.64 bits per heavy atom. The van der Waals surface area contributed by atoms with Crippen molar-refractivity contribution in [1.82, 2.24) is 4.98 Å². The first kappa shape index (κ1) is 8.21. The zero-order valence-corrected chi connectivity index (χ0v) is 6.82. The summed E-state index contributed by atoms with van der Waals surface area (Å²) in [7, 11) is 0. The first-order valence-electron chi connectivity index (χ1n) is 3.08. The van der Waals surface area contributed by atoms with Gasteiger partial charge in [0.1, 0.15) is 5.82 Å². The Balaban J connectivity index is 3.32. The number of rotatable bonds is 1. The van der Waals surface area contributed by atoms with E-state index in [1.54, 1.807) is 6.92 Å². The van der Waals surface area contributed by atoms with Crippen molar-refractivity contribution in [3.05, 3.63) is 35.4 Å². The van der Waals surface area contributed by atoms with E-state index in [1.165, 1.54) is 6.20 Å². The molecule has 1 aromatic heterocycles. The summed E-state index contributed by atoms with van der Waals surface area (Å²) in [5.41, 5.74) is 0.955. The summed E-state index contributed by atoms with van der Waals surface area (Å²) >= 11 is 5.66. The highest BCUT2D eigenvalue weighted by molar-refractivity contribution is 6.32. The van der Waals surface area contributed by atoms with Gasteiger partial charge in [0.05, 0.1) is 11.2 Å². The highest BCUT2D eigenvalue weighted by Crippen LogP contribution is 2.23. The van der Waals surface area contributed by atoms with Gasteiger partial charge in [-0.3, -0.25) is 4.98 Å². The van der Waals surface area contributed by atoms with Crippen molar-refractivity contribution >= 4 is 17.2 Å². The van der Waals surface area contributed by atoms with E-state index in [-0.39, 0.29) is 0 Å². The summed E-state index contributed by atoms with van der Waals surface area (Å²) in [5.74, 6) is -0.426. The Bertz CT molecular complexity index is 276. The van der Waals surface area contributed by atoms with E-state index in [9.17, 15) is 4.39 Å². The predicted octanol–water partition coefficient (Wildman–Crippen LogP) is 2.91. The van der Waals surface area contributed by atoms with Crippen molar-refractivity contribution < 1.29 is 4.39 Å². The van der Waals surface area contributed by atoms with Crippen LogP contribution in [0.1, 0.15) is 12.5 Å². The van der Waals surface area contributed by atoms with Crippen molar-refractivity contribution in [3.63, 3.8) is 0 Å². The minimum absolute atomic E-state index is 0.303. The fourth-order valence-electron chi connectivity index (χ4n) is 0.819. The maximum atomic E-state index is 12.9. The standard InChI is InChI=1S/C8H7ClFN/c1-5(2)8-6(9)3-11-4-7(8)10/h3-4H,1H2,2H3. The van der Waals surface area contributed by atoms with Gasteiger partial charge in [-0.1, -0.05) is 18.2 Å². The van der Waals surface area contributed by atoms with Crippen LogP contribution in [0, 0.1) is 5.82 Å². The molecule has 1 nitrogen and oxygen atoms in total. The molecule has 0 aliphatic carbocycles. The molecule has 0 saturated heterocycles. The molecule has 0 radical (unpaired) electrons. The number of allylic oxidation sites excluding steroid dienone is 1. The lowest BCUT2D eigenvalue weighted by atomic mass is 10.1. The fourth-order valence-corrected chi connectivity index (χ4v) is 1.13. The van der Waals surface area contributed by atoms with Gasteiger partial charge in [0.25, 0.3) is 0 Å². The van der Waals surface area contributed by atoms with Gasteiger partial charge in [0.15, 0.2) is 0 Å². The molecule has 0 aliphatic heterocycles. The second kappa shape index (κ2) is 3.01. The van der Waals surface area contributed by atoms with E-state index in [0.29, 0.717) is 16.2 Å². The van der Waals surface area contributed by atoms with E-state index in [0.717, 1.165) is 6.20 Å². The molecule has 0 fully saturated rings.